The zero-order valence-electron chi connectivity index (χ0n) is 12.3. The van der Waals surface area contributed by atoms with E-state index in [-0.39, 0.29) is 5.41 Å². The highest BCUT2D eigenvalue weighted by Crippen LogP contribution is 2.24. The molecule has 1 aromatic rings. The fourth-order valence-electron chi connectivity index (χ4n) is 2.01. The predicted octanol–water partition coefficient (Wildman–Crippen LogP) is 3.84. The summed E-state index contributed by atoms with van der Waals surface area (Å²) >= 11 is 0. The lowest BCUT2D eigenvalue weighted by molar-refractivity contribution is 0.276. The molecule has 18 heavy (non-hydrogen) atoms. The lowest BCUT2D eigenvalue weighted by atomic mass is 9.87. The van der Waals surface area contributed by atoms with Gasteiger partial charge in [0, 0.05) is 0 Å². The molecule has 0 spiro atoms. The first-order valence-electron chi connectivity index (χ1n) is 6.85. The summed E-state index contributed by atoms with van der Waals surface area (Å²) in [5.41, 5.74) is 8.42. The Morgan fingerprint density at radius 2 is 1.72 bits per heavy atom. The van der Waals surface area contributed by atoms with Crippen LogP contribution in [0.2, 0.25) is 0 Å². The van der Waals surface area contributed by atoms with E-state index in [1.54, 1.807) is 0 Å². The third kappa shape index (κ3) is 4.69. The lowest BCUT2D eigenvalue weighted by Crippen LogP contribution is -2.23. The number of para-hydroxylation sites is 1. The van der Waals surface area contributed by atoms with E-state index in [1.165, 1.54) is 24.0 Å². The zero-order valence-corrected chi connectivity index (χ0v) is 12.3. The van der Waals surface area contributed by atoms with E-state index >= 15 is 0 Å². The standard InChI is InChI=1S/C16H27NO/c1-13-8-7-9-14(2)15(13)18-11-6-5-10-16(3,4)12-17/h7-9H,5-6,10-12,17H2,1-4H3. The van der Waals surface area contributed by atoms with Gasteiger partial charge in [-0.25, -0.2) is 0 Å². The molecule has 0 saturated heterocycles. The van der Waals surface area contributed by atoms with Gasteiger partial charge in [-0.05, 0) is 56.2 Å². The van der Waals surface area contributed by atoms with E-state index in [9.17, 15) is 0 Å². The Bertz CT molecular complexity index is 351. The van der Waals surface area contributed by atoms with E-state index in [2.05, 4.69) is 45.9 Å². The minimum Gasteiger partial charge on any atom is -0.493 e. The number of ether oxygens (including phenoxy) is 1. The van der Waals surface area contributed by atoms with Crippen LogP contribution in [-0.2, 0) is 0 Å². The molecule has 0 saturated carbocycles. The van der Waals surface area contributed by atoms with Crippen molar-refractivity contribution in [1.29, 1.82) is 0 Å². The maximum absolute atomic E-state index is 5.88. The largest absolute Gasteiger partial charge is 0.493 e. The summed E-state index contributed by atoms with van der Waals surface area (Å²) in [6.45, 7) is 10.2. The second-order valence-electron chi connectivity index (χ2n) is 5.89. The van der Waals surface area contributed by atoms with Crippen molar-refractivity contribution in [2.24, 2.45) is 11.1 Å². The third-order valence-corrected chi connectivity index (χ3v) is 3.46. The van der Waals surface area contributed by atoms with E-state index in [1.807, 2.05) is 0 Å². The summed E-state index contributed by atoms with van der Waals surface area (Å²) in [4.78, 5) is 0. The monoisotopic (exact) mass is 249 g/mol. The Kier molecular flexibility index (Phi) is 5.67. The van der Waals surface area contributed by atoms with Crippen molar-refractivity contribution < 1.29 is 4.74 Å². The van der Waals surface area contributed by atoms with Crippen molar-refractivity contribution in [2.75, 3.05) is 13.2 Å². The Labute approximate surface area is 112 Å². The molecule has 0 heterocycles. The van der Waals surface area contributed by atoms with E-state index in [0.29, 0.717) is 0 Å². The molecular weight excluding hydrogens is 222 g/mol. The highest BCUT2D eigenvalue weighted by molar-refractivity contribution is 5.39. The number of hydrogen-bond donors (Lipinski definition) is 1. The Morgan fingerprint density at radius 3 is 2.28 bits per heavy atom. The van der Waals surface area contributed by atoms with Crippen molar-refractivity contribution in [3.63, 3.8) is 0 Å². The Balaban J connectivity index is 2.30. The van der Waals surface area contributed by atoms with Gasteiger partial charge in [-0.2, -0.15) is 0 Å². The molecular formula is C16H27NO. The van der Waals surface area contributed by atoms with Crippen molar-refractivity contribution in [1.82, 2.24) is 0 Å². The molecule has 102 valence electrons. The van der Waals surface area contributed by atoms with Gasteiger partial charge in [0.1, 0.15) is 5.75 Å². The molecule has 0 aliphatic rings. The van der Waals surface area contributed by atoms with Crippen molar-refractivity contribution >= 4 is 0 Å². The van der Waals surface area contributed by atoms with Gasteiger partial charge in [0.15, 0.2) is 0 Å². The van der Waals surface area contributed by atoms with E-state index in [0.717, 1.165) is 25.3 Å². The van der Waals surface area contributed by atoms with Crippen molar-refractivity contribution in [3.8, 4) is 5.75 Å². The summed E-state index contributed by atoms with van der Waals surface area (Å²) in [7, 11) is 0. The van der Waals surface area contributed by atoms with Crippen LogP contribution in [0.5, 0.6) is 5.75 Å². The van der Waals surface area contributed by atoms with Gasteiger partial charge in [0.05, 0.1) is 6.61 Å². The normalized spacial score (nSPS) is 11.6. The fraction of sp³-hybridized carbons (Fsp3) is 0.625. The molecule has 2 heteroatoms. The molecule has 0 bridgehead atoms. The fourth-order valence-corrected chi connectivity index (χ4v) is 2.01. The van der Waals surface area contributed by atoms with Crippen LogP contribution in [-0.4, -0.2) is 13.2 Å². The van der Waals surface area contributed by atoms with E-state index < -0.39 is 0 Å². The summed E-state index contributed by atoms with van der Waals surface area (Å²) in [6.07, 6.45) is 3.44. The van der Waals surface area contributed by atoms with E-state index in [4.69, 9.17) is 10.5 Å². The molecule has 2 nitrogen and oxygen atoms in total. The molecule has 1 aromatic carbocycles. The number of aryl methyl sites for hydroxylation is 2. The molecule has 0 aliphatic heterocycles. The van der Waals surface area contributed by atoms with Crippen LogP contribution in [0.1, 0.15) is 44.2 Å². The molecule has 1 rings (SSSR count). The summed E-state index contributed by atoms with van der Waals surface area (Å²) in [6, 6.07) is 6.26. The molecule has 0 aliphatic carbocycles. The van der Waals surface area contributed by atoms with Crippen LogP contribution in [0.4, 0.5) is 0 Å². The molecule has 0 amide bonds. The maximum atomic E-state index is 5.88. The van der Waals surface area contributed by atoms with Gasteiger partial charge < -0.3 is 10.5 Å². The molecule has 0 unspecified atom stereocenters. The zero-order chi connectivity index (χ0) is 13.6. The van der Waals surface area contributed by atoms with Crippen molar-refractivity contribution in [2.45, 2.75) is 47.0 Å². The minimum atomic E-state index is 0.262. The third-order valence-electron chi connectivity index (χ3n) is 3.46. The first-order valence-corrected chi connectivity index (χ1v) is 6.85. The van der Waals surface area contributed by atoms with Crippen LogP contribution in [0.15, 0.2) is 18.2 Å². The summed E-state index contributed by atoms with van der Waals surface area (Å²) < 4.78 is 5.88. The van der Waals surface area contributed by atoms with Gasteiger partial charge >= 0.3 is 0 Å². The Morgan fingerprint density at radius 1 is 1.11 bits per heavy atom. The highest BCUT2D eigenvalue weighted by Gasteiger charge is 2.14. The average Bonchev–Trinajstić information content (AvgIpc) is 2.32. The quantitative estimate of drug-likeness (QED) is 0.745. The first kappa shape index (κ1) is 15.0. The molecule has 0 fully saturated rings. The average molecular weight is 249 g/mol. The van der Waals surface area contributed by atoms with Gasteiger partial charge in [-0.15, -0.1) is 0 Å². The molecule has 2 N–H and O–H groups in total. The summed E-state index contributed by atoms with van der Waals surface area (Å²) in [5, 5.41) is 0. The Hall–Kier alpha value is -1.02. The maximum Gasteiger partial charge on any atom is 0.125 e. The second kappa shape index (κ2) is 6.79. The van der Waals surface area contributed by atoms with Crippen LogP contribution in [0, 0.1) is 19.3 Å². The minimum absolute atomic E-state index is 0.262. The van der Waals surface area contributed by atoms with Gasteiger partial charge in [-0.3, -0.25) is 0 Å². The number of benzene rings is 1. The van der Waals surface area contributed by atoms with Crippen LogP contribution < -0.4 is 10.5 Å². The molecule has 0 atom stereocenters. The molecule has 0 radical (unpaired) electrons. The van der Waals surface area contributed by atoms with Gasteiger partial charge in [0.25, 0.3) is 0 Å². The summed E-state index contributed by atoms with van der Waals surface area (Å²) in [5.74, 6) is 1.05. The SMILES string of the molecule is Cc1cccc(C)c1OCCCCC(C)(C)CN. The van der Waals surface area contributed by atoms with Gasteiger partial charge in [0.2, 0.25) is 0 Å². The van der Waals surface area contributed by atoms with Gasteiger partial charge in [-0.1, -0.05) is 32.0 Å². The smallest absolute Gasteiger partial charge is 0.125 e. The molecule has 0 aromatic heterocycles. The first-order chi connectivity index (χ1) is 8.46. The highest BCUT2D eigenvalue weighted by atomic mass is 16.5. The van der Waals surface area contributed by atoms with Crippen LogP contribution in [0.3, 0.4) is 0 Å². The lowest BCUT2D eigenvalue weighted by Gasteiger charge is -2.22. The second-order valence-corrected chi connectivity index (χ2v) is 5.89. The number of hydrogen-bond acceptors (Lipinski definition) is 2. The topological polar surface area (TPSA) is 35.2 Å². The van der Waals surface area contributed by atoms with Crippen molar-refractivity contribution in [3.05, 3.63) is 29.3 Å². The van der Waals surface area contributed by atoms with Crippen LogP contribution in [0.25, 0.3) is 0 Å². The number of unbranched alkanes of at least 4 members (excludes halogenated alkanes) is 1. The van der Waals surface area contributed by atoms with Crippen LogP contribution >= 0.6 is 0 Å². The number of rotatable bonds is 7. The predicted molar refractivity (Wildman–Crippen MR) is 78.1 cm³/mol. The number of nitrogens with two attached hydrogens (primary N) is 1.